The molecule has 0 aromatic heterocycles. The predicted octanol–water partition coefficient (Wildman–Crippen LogP) is 2.88. The van der Waals surface area contributed by atoms with Gasteiger partial charge in [0.05, 0.1) is 34.5 Å². The highest BCUT2D eigenvalue weighted by Gasteiger charge is 2.23. The normalized spacial score (nSPS) is 15.8. The highest BCUT2D eigenvalue weighted by molar-refractivity contribution is 5.44. The van der Waals surface area contributed by atoms with E-state index in [2.05, 4.69) is 34.5 Å². The minimum Gasteiger partial charge on any atom is -0.497 e. The lowest BCUT2D eigenvalue weighted by Gasteiger charge is -2.35. The molecule has 1 N–H and O–H groups in total. The Balaban J connectivity index is 1.73. The second-order valence-electron chi connectivity index (χ2n) is 6.76. The first-order valence-corrected chi connectivity index (χ1v) is 9.62. The molecule has 1 atom stereocenters. The molecule has 2 aromatic carbocycles. The Morgan fingerprint density at radius 2 is 1.75 bits per heavy atom. The van der Waals surface area contributed by atoms with Gasteiger partial charge in [-0.15, -0.1) is 0 Å². The molecule has 0 aliphatic carbocycles. The van der Waals surface area contributed by atoms with Crippen molar-refractivity contribution in [2.24, 2.45) is 0 Å². The smallest absolute Gasteiger partial charge is 0.161 e. The minimum absolute atomic E-state index is 0.231. The number of nitrogens with one attached hydrogen (secondary N) is 1. The summed E-state index contributed by atoms with van der Waals surface area (Å²) in [5.74, 6) is 2.38. The van der Waals surface area contributed by atoms with Gasteiger partial charge in [0.15, 0.2) is 11.5 Å². The van der Waals surface area contributed by atoms with Crippen LogP contribution in [0.25, 0.3) is 0 Å². The topological polar surface area (TPSA) is 52.2 Å². The van der Waals surface area contributed by atoms with Crippen LogP contribution in [0.5, 0.6) is 17.2 Å². The minimum atomic E-state index is 0.231. The van der Waals surface area contributed by atoms with Crippen LogP contribution >= 0.6 is 0 Å². The Kier molecular flexibility index (Phi) is 7.54. The summed E-state index contributed by atoms with van der Waals surface area (Å²) < 4.78 is 21.8. The molecule has 0 bridgehead atoms. The third-order valence-electron chi connectivity index (χ3n) is 5.08. The van der Waals surface area contributed by atoms with Crippen LogP contribution in [0.2, 0.25) is 0 Å². The van der Waals surface area contributed by atoms with Crippen LogP contribution in [0.4, 0.5) is 0 Å². The number of rotatable bonds is 9. The second-order valence-corrected chi connectivity index (χ2v) is 6.76. The SMILES string of the molecule is COc1cccc(CNCC(c2ccc(OC)c(OC)c2)N2CCOCC2)c1. The summed E-state index contributed by atoms with van der Waals surface area (Å²) in [4.78, 5) is 2.46. The van der Waals surface area contributed by atoms with Crippen LogP contribution in [0.15, 0.2) is 42.5 Å². The van der Waals surface area contributed by atoms with Gasteiger partial charge >= 0.3 is 0 Å². The zero-order valence-corrected chi connectivity index (χ0v) is 16.9. The number of benzene rings is 2. The first kappa shape index (κ1) is 20.5. The maximum absolute atomic E-state index is 5.55. The van der Waals surface area contributed by atoms with Crippen molar-refractivity contribution in [1.82, 2.24) is 10.2 Å². The summed E-state index contributed by atoms with van der Waals surface area (Å²) in [6.45, 7) is 4.97. The van der Waals surface area contributed by atoms with E-state index in [1.807, 2.05) is 18.2 Å². The van der Waals surface area contributed by atoms with Gasteiger partial charge < -0.3 is 24.3 Å². The third kappa shape index (κ3) is 5.16. The molecule has 1 fully saturated rings. The van der Waals surface area contributed by atoms with Gasteiger partial charge in [0.25, 0.3) is 0 Å². The Morgan fingerprint density at radius 3 is 2.46 bits per heavy atom. The van der Waals surface area contributed by atoms with Crippen LogP contribution in [-0.4, -0.2) is 59.1 Å². The van der Waals surface area contributed by atoms with Crippen molar-refractivity contribution in [3.63, 3.8) is 0 Å². The van der Waals surface area contributed by atoms with Gasteiger partial charge in [0.1, 0.15) is 5.75 Å². The molecule has 2 aromatic rings. The fourth-order valence-electron chi connectivity index (χ4n) is 3.54. The molecule has 0 saturated carbocycles. The fourth-order valence-corrected chi connectivity index (χ4v) is 3.54. The van der Waals surface area contributed by atoms with E-state index in [1.165, 1.54) is 11.1 Å². The largest absolute Gasteiger partial charge is 0.497 e. The molecule has 1 unspecified atom stereocenters. The zero-order chi connectivity index (χ0) is 19.8. The van der Waals surface area contributed by atoms with Gasteiger partial charge in [-0.05, 0) is 35.4 Å². The van der Waals surface area contributed by atoms with Crippen LogP contribution < -0.4 is 19.5 Å². The molecule has 0 radical (unpaired) electrons. The van der Waals surface area contributed by atoms with Gasteiger partial charge in [-0.2, -0.15) is 0 Å². The van der Waals surface area contributed by atoms with Gasteiger partial charge in [-0.25, -0.2) is 0 Å². The van der Waals surface area contributed by atoms with Crippen LogP contribution in [-0.2, 0) is 11.3 Å². The van der Waals surface area contributed by atoms with E-state index in [9.17, 15) is 0 Å². The summed E-state index contributed by atoms with van der Waals surface area (Å²) in [5.41, 5.74) is 2.41. The number of nitrogens with zero attached hydrogens (tertiary/aromatic N) is 1. The summed E-state index contributed by atoms with van der Waals surface area (Å²) >= 11 is 0. The number of hydrogen-bond donors (Lipinski definition) is 1. The van der Waals surface area contributed by atoms with Crippen molar-refractivity contribution in [3.05, 3.63) is 53.6 Å². The highest BCUT2D eigenvalue weighted by atomic mass is 16.5. The Bertz CT molecular complexity index is 747. The molecular weight excluding hydrogens is 356 g/mol. The lowest BCUT2D eigenvalue weighted by molar-refractivity contribution is 0.0160. The van der Waals surface area contributed by atoms with Crippen molar-refractivity contribution < 1.29 is 18.9 Å². The van der Waals surface area contributed by atoms with Gasteiger partial charge in [-0.1, -0.05) is 18.2 Å². The number of morpholine rings is 1. The quantitative estimate of drug-likeness (QED) is 0.715. The van der Waals surface area contributed by atoms with Gasteiger partial charge in [0, 0.05) is 32.2 Å². The van der Waals surface area contributed by atoms with Crippen molar-refractivity contribution in [2.75, 3.05) is 54.2 Å². The summed E-state index contributed by atoms with van der Waals surface area (Å²) in [5, 5.41) is 3.60. The first-order chi connectivity index (χ1) is 13.7. The number of hydrogen-bond acceptors (Lipinski definition) is 6. The van der Waals surface area contributed by atoms with Crippen molar-refractivity contribution in [1.29, 1.82) is 0 Å². The van der Waals surface area contributed by atoms with Gasteiger partial charge in [0.2, 0.25) is 0 Å². The van der Waals surface area contributed by atoms with Crippen LogP contribution in [0.1, 0.15) is 17.2 Å². The maximum atomic E-state index is 5.55. The molecule has 152 valence electrons. The van der Waals surface area contributed by atoms with Crippen molar-refractivity contribution in [3.8, 4) is 17.2 Å². The van der Waals surface area contributed by atoms with Crippen molar-refractivity contribution >= 4 is 0 Å². The molecule has 6 heteroatoms. The molecule has 1 heterocycles. The lowest BCUT2D eigenvalue weighted by atomic mass is 10.0. The maximum Gasteiger partial charge on any atom is 0.161 e. The van der Waals surface area contributed by atoms with E-state index in [0.717, 1.165) is 56.6 Å². The Labute approximate surface area is 167 Å². The summed E-state index contributed by atoms with van der Waals surface area (Å²) in [6, 6.07) is 14.6. The molecule has 28 heavy (non-hydrogen) atoms. The van der Waals surface area contributed by atoms with E-state index in [0.29, 0.717) is 0 Å². The van der Waals surface area contributed by atoms with E-state index < -0.39 is 0 Å². The number of methoxy groups -OCH3 is 3. The van der Waals surface area contributed by atoms with E-state index in [-0.39, 0.29) is 6.04 Å². The van der Waals surface area contributed by atoms with Crippen LogP contribution in [0.3, 0.4) is 0 Å². The van der Waals surface area contributed by atoms with Crippen molar-refractivity contribution in [2.45, 2.75) is 12.6 Å². The predicted molar refractivity (Wildman–Crippen MR) is 109 cm³/mol. The zero-order valence-electron chi connectivity index (χ0n) is 16.9. The molecule has 0 amide bonds. The third-order valence-corrected chi connectivity index (χ3v) is 5.08. The molecule has 3 rings (SSSR count). The molecule has 1 aliphatic rings. The molecule has 6 nitrogen and oxygen atoms in total. The average Bonchev–Trinajstić information content (AvgIpc) is 2.77. The Hall–Kier alpha value is -2.28. The average molecular weight is 386 g/mol. The first-order valence-electron chi connectivity index (χ1n) is 9.62. The highest BCUT2D eigenvalue weighted by Crippen LogP contribution is 2.32. The lowest BCUT2D eigenvalue weighted by Crippen LogP contribution is -2.42. The van der Waals surface area contributed by atoms with E-state index in [4.69, 9.17) is 18.9 Å². The second kappa shape index (κ2) is 10.3. The fraction of sp³-hybridized carbons (Fsp3) is 0.455. The Morgan fingerprint density at radius 1 is 0.964 bits per heavy atom. The molecule has 0 spiro atoms. The molecule has 1 aliphatic heterocycles. The van der Waals surface area contributed by atoms with E-state index in [1.54, 1.807) is 21.3 Å². The van der Waals surface area contributed by atoms with Gasteiger partial charge in [-0.3, -0.25) is 4.90 Å². The number of ether oxygens (including phenoxy) is 4. The summed E-state index contributed by atoms with van der Waals surface area (Å²) in [6.07, 6.45) is 0. The van der Waals surface area contributed by atoms with E-state index >= 15 is 0 Å². The standard InChI is InChI=1S/C22H30N2O4/c1-25-19-6-4-5-17(13-19)15-23-16-20(24-9-11-28-12-10-24)18-7-8-21(26-2)22(14-18)27-3/h4-8,13-14,20,23H,9-12,15-16H2,1-3H3. The summed E-state index contributed by atoms with van der Waals surface area (Å²) in [7, 11) is 5.02. The molecule has 1 saturated heterocycles. The monoisotopic (exact) mass is 386 g/mol. The molecular formula is C22H30N2O4. The van der Waals surface area contributed by atoms with Crippen LogP contribution in [0, 0.1) is 0 Å².